The summed E-state index contributed by atoms with van der Waals surface area (Å²) in [7, 11) is -2.39. The van der Waals surface area contributed by atoms with Crippen LogP contribution in [-0.4, -0.2) is 25.8 Å². The van der Waals surface area contributed by atoms with Crippen LogP contribution >= 0.6 is 0 Å². The first-order valence-corrected chi connectivity index (χ1v) is 25.8. The van der Waals surface area contributed by atoms with Gasteiger partial charge in [-0.3, -0.25) is 14.9 Å². The van der Waals surface area contributed by atoms with Crippen LogP contribution in [0.4, 0.5) is 5.69 Å². The molecular formula is C52H81NO5Si. The summed E-state index contributed by atoms with van der Waals surface area (Å²) >= 11 is 0. The average molecular weight is 828 g/mol. The molecule has 0 spiro atoms. The number of nitro benzene ring substituents is 1. The van der Waals surface area contributed by atoms with Crippen molar-refractivity contribution in [2.45, 2.75) is 206 Å². The van der Waals surface area contributed by atoms with Crippen molar-refractivity contribution in [2.75, 3.05) is 6.61 Å². The fraction of sp³-hybridized carbons (Fsp3) is 0.635. The molecule has 0 bridgehead atoms. The SMILES string of the molecule is CC(C)(C)[Si](OCCCCCCCCCCCCCCCCCCCCCCCCCCCCCC(=O)Oc1ccc([N+](=O)[O-])cc1)(c1ccccc1)c1ccccc1. The summed E-state index contributed by atoms with van der Waals surface area (Å²) in [6.07, 6.45) is 36.3. The van der Waals surface area contributed by atoms with Crippen LogP contribution in [-0.2, 0) is 9.22 Å². The number of unbranched alkanes of at least 4 members (excludes halogenated alkanes) is 26. The number of carbonyl (C=O) groups is 1. The van der Waals surface area contributed by atoms with Crippen LogP contribution in [0.5, 0.6) is 5.75 Å². The molecule has 0 N–H and O–H groups in total. The molecule has 0 amide bonds. The largest absolute Gasteiger partial charge is 0.427 e. The van der Waals surface area contributed by atoms with Gasteiger partial charge >= 0.3 is 5.97 Å². The maximum absolute atomic E-state index is 12.0. The Balaban J connectivity index is 1.01. The number of carbonyl (C=O) groups excluding carboxylic acids is 1. The van der Waals surface area contributed by atoms with Crippen LogP contribution in [0.15, 0.2) is 84.9 Å². The van der Waals surface area contributed by atoms with E-state index in [1.165, 1.54) is 182 Å². The summed E-state index contributed by atoms with van der Waals surface area (Å²) < 4.78 is 12.3. The van der Waals surface area contributed by atoms with E-state index in [1.807, 2.05) is 0 Å². The van der Waals surface area contributed by atoms with Gasteiger partial charge in [0.2, 0.25) is 0 Å². The van der Waals surface area contributed by atoms with Crippen molar-refractivity contribution in [3.8, 4) is 5.75 Å². The third kappa shape index (κ3) is 20.7. The molecule has 6 nitrogen and oxygen atoms in total. The predicted octanol–water partition coefficient (Wildman–Crippen LogP) is 15.0. The molecule has 0 heterocycles. The minimum atomic E-state index is -2.39. The van der Waals surface area contributed by atoms with Gasteiger partial charge in [-0.1, -0.05) is 242 Å². The van der Waals surface area contributed by atoms with Gasteiger partial charge in [0.1, 0.15) is 5.75 Å². The first-order chi connectivity index (χ1) is 28.7. The Hall–Kier alpha value is -3.29. The fourth-order valence-corrected chi connectivity index (χ4v) is 13.2. The van der Waals surface area contributed by atoms with Gasteiger partial charge in [-0.15, -0.1) is 0 Å². The van der Waals surface area contributed by atoms with E-state index in [2.05, 4.69) is 81.4 Å². The summed E-state index contributed by atoms with van der Waals surface area (Å²) in [5.41, 5.74) is -0.00705. The van der Waals surface area contributed by atoms with E-state index in [-0.39, 0.29) is 16.7 Å². The second kappa shape index (κ2) is 30.7. The highest BCUT2D eigenvalue weighted by Gasteiger charge is 2.49. The molecular weight excluding hydrogens is 747 g/mol. The molecule has 0 atom stereocenters. The number of benzene rings is 3. The molecule has 3 rings (SSSR count). The number of hydrogen-bond donors (Lipinski definition) is 0. The third-order valence-corrected chi connectivity index (χ3v) is 17.1. The van der Waals surface area contributed by atoms with Crippen LogP contribution in [0.3, 0.4) is 0 Å². The van der Waals surface area contributed by atoms with E-state index in [4.69, 9.17) is 9.16 Å². The number of non-ortho nitro benzene ring substituents is 1. The quantitative estimate of drug-likeness (QED) is 0.0147. The lowest BCUT2D eigenvalue weighted by atomic mass is 10.0. The Kier molecular flexibility index (Phi) is 26.0. The zero-order valence-corrected chi connectivity index (χ0v) is 38.6. The predicted molar refractivity (Wildman–Crippen MR) is 252 cm³/mol. The lowest BCUT2D eigenvalue weighted by Gasteiger charge is -2.43. The van der Waals surface area contributed by atoms with Crippen molar-refractivity contribution in [1.29, 1.82) is 0 Å². The molecule has 7 heteroatoms. The number of nitrogens with zero attached hydrogens (tertiary/aromatic N) is 1. The van der Waals surface area contributed by atoms with Crippen molar-refractivity contribution >= 4 is 30.3 Å². The molecule has 0 aromatic heterocycles. The highest BCUT2D eigenvalue weighted by atomic mass is 28.4. The second-order valence-corrected chi connectivity index (χ2v) is 22.3. The number of hydrogen-bond acceptors (Lipinski definition) is 5. The van der Waals surface area contributed by atoms with Crippen LogP contribution in [0.2, 0.25) is 5.04 Å². The highest BCUT2D eigenvalue weighted by Crippen LogP contribution is 2.37. The molecule has 0 aliphatic heterocycles. The van der Waals surface area contributed by atoms with Crippen molar-refractivity contribution in [3.05, 3.63) is 95.0 Å². The van der Waals surface area contributed by atoms with E-state index in [0.717, 1.165) is 32.3 Å². The lowest BCUT2D eigenvalue weighted by molar-refractivity contribution is -0.384. The molecule has 0 radical (unpaired) electrons. The molecule has 0 aliphatic rings. The normalized spacial score (nSPS) is 11.8. The van der Waals surface area contributed by atoms with Gasteiger partial charge in [-0.05, 0) is 40.4 Å². The van der Waals surface area contributed by atoms with Gasteiger partial charge in [-0.25, -0.2) is 0 Å². The fourth-order valence-electron chi connectivity index (χ4n) is 8.60. The van der Waals surface area contributed by atoms with E-state index in [9.17, 15) is 14.9 Å². The molecule has 3 aromatic carbocycles. The summed E-state index contributed by atoms with van der Waals surface area (Å²) in [5.74, 6) is 0.0941. The van der Waals surface area contributed by atoms with Gasteiger partial charge in [0.15, 0.2) is 0 Å². The van der Waals surface area contributed by atoms with Gasteiger partial charge in [-0.2, -0.15) is 0 Å². The van der Waals surface area contributed by atoms with Crippen LogP contribution in [0.25, 0.3) is 0 Å². The summed E-state index contributed by atoms with van der Waals surface area (Å²) in [6, 6.07) is 27.7. The zero-order chi connectivity index (χ0) is 42.3. The highest BCUT2D eigenvalue weighted by molar-refractivity contribution is 6.99. The number of nitro groups is 1. The number of ether oxygens (including phenoxy) is 1. The molecule has 0 saturated carbocycles. The molecule has 3 aromatic rings. The number of esters is 1. The second-order valence-electron chi connectivity index (χ2n) is 18.0. The minimum absolute atomic E-state index is 0.00705. The van der Waals surface area contributed by atoms with Crippen molar-refractivity contribution < 1.29 is 18.9 Å². The molecule has 59 heavy (non-hydrogen) atoms. The Morgan fingerprint density at radius 3 is 1.14 bits per heavy atom. The number of rotatable bonds is 35. The van der Waals surface area contributed by atoms with Crippen LogP contribution < -0.4 is 15.1 Å². The van der Waals surface area contributed by atoms with Gasteiger partial charge in [0.05, 0.1) is 4.92 Å². The van der Waals surface area contributed by atoms with E-state index in [0.29, 0.717) is 12.2 Å². The topological polar surface area (TPSA) is 78.7 Å². The zero-order valence-electron chi connectivity index (χ0n) is 37.6. The van der Waals surface area contributed by atoms with Crippen LogP contribution in [0, 0.1) is 10.1 Å². The maximum Gasteiger partial charge on any atom is 0.311 e. The Labute approximate surface area is 360 Å². The molecule has 0 unspecified atom stereocenters. The van der Waals surface area contributed by atoms with E-state index >= 15 is 0 Å². The first kappa shape index (κ1) is 50.1. The average Bonchev–Trinajstić information content (AvgIpc) is 3.23. The first-order valence-electron chi connectivity index (χ1n) is 23.9. The minimum Gasteiger partial charge on any atom is -0.427 e. The lowest BCUT2D eigenvalue weighted by Crippen LogP contribution is -2.66. The van der Waals surface area contributed by atoms with E-state index < -0.39 is 13.2 Å². The van der Waals surface area contributed by atoms with Gasteiger partial charge < -0.3 is 9.16 Å². The van der Waals surface area contributed by atoms with Crippen LogP contribution in [0.1, 0.15) is 201 Å². The Bertz CT molecular complexity index is 1450. The molecule has 328 valence electrons. The summed E-state index contributed by atoms with van der Waals surface area (Å²) in [6.45, 7) is 7.95. The Morgan fingerprint density at radius 2 is 0.814 bits per heavy atom. The molecule has 0 aliphatic carbocycles. The third-order valence-electron chi connectivity index (χ3n) is 12.0. The van der Waals surface area contributed by atoms with Crippen molar-refractivity contribution in [2.24, 2.45) is 0 Å². The molecule has 0 saturated heterocycles. The Morgan fingerprint density at radius 1 is 0.492 bits per heavy atom. The van der Waals surface area contributed by atoms with Crippen molar-refractivity contribution in [1.82, 2.24) is 0 Å². The van der Waals surface area contributed by atoms with Crippen molar-refractivity contribution in [3.63, 3.8) is 0 Å². The molecule has 0 fully saturated rings. The summed E-state index contributed by atoms with van der Waals surface area (Å²) in [5, 5.41) is 13.5. The summed E-state index contributed by atoms with van der Waals surface area (Å²) in [4.78, 5) is 22.3. The van der Waals surface area contributed by atoms with Gasteiger partial charge in [0, 0.05) is 25.2 Å². The maximum atomic E-state index is 12.0. The van der Waals surface area contributed by atoms with Gasteiger partial charge in [0.25, 0.3) is 14.0 Å². The standard InChI is InChI=1S/C52H81NO5Si/c1-52(2,3)59(49-37-31-29-32-38-49,50-39-33-30-34-40-50)57-46-36-28-26-24-22-20-18-16-14-12-10-8-6-4-5-7-9-11-13-15-17-19-21-23-25-27-35-41-51(54)58-48-44-42-47(43-45-48)53(55)56/h29-34,37-40,42-45H,4-28,35-36,41,46H2,1-3H3. The monoisotopic (exact) mass is 828 g/mol. The van der Waals surface area contributed by atoms with E-state index in [1.54, 1.807) is 0 Å². The smallest absolute Gasteiger partial charge is 0.311 e.